The number of aryl methyl sites for hydroxylation is 1. The van der Waals surface area contributed by atoms with Crippen molar-refractivity contribution in [1.82, 2.24) is 4.98 Å². The number of oxime groups is 1. The molecule has 1 aromatic heterocycles. The summed E-state index contributed by atoms with van der Waals surface area (Å²) in [4.78, 5) is 6.51. The fourth-order valence-corrected chi connectivity index (χ4v) is 1.55. The first-order chi connectivity index (χ1) is 8.04. The molecule has 0 aliphatic heterocycles. The molecule has 1 rings (SSSR count). The van der Waals surface area contributed by atoms with Gasteiger partial charge in [-0.1, -0.05) is 11.2 Å². The van der Waals surface area contributed by atoms with E-state index in [-0.39, 0.29) is 5.84 Å². The number of hydrogen-bond donors (Lipinski definition) is 2. The molecule has 0 unspecified atom stereocenters. The Morgan fingerprint density at radius 1 is 1.53 bits per heavy atom. The van der Waals surface area contributed by atoms with E-state index in [0.29, 0.717) is 19.0 Å². The number of anilines is 1. The second-order valence-electron chi connectivity index (χ2n) is 4.32. The lowest BCUT2D eigenvalue weighted by Gasteiger charge is -2.27. The topological polar surface area (TPSA) is 74.7 Å². The highest BCUT2D eigenvalue weighted by Gasteiger charge is 2.12. The molecule has 94 valence electrons. The third kappa shape index (κ3) is 3.94. The van der Waals surface area contributed by atoms with Crippen LogP contribution in [0.15, 0.2) is 23.5 Å². The molecule has 0 radical (unpaired) electrons. The highest BCUT2D eigenvalue weighted by atomic mass is 16.4. The van der Waals surface area contributed by atoms with Crippen molar-refractivity contribution in [2.45, 2.75) is 33.2 Å². The Labute approximate surface area is 102 Å². The number of aromatic nitrogens is 1. The van der Waals surface area contributed by atoms with Crippen molar-refractivity contribution in [3.63, 3.8) is 0 Å². The summed E-state index contributed by atoms with van der Waals surface area (Å²) in [6, 6.07) is 4.33. The van der Waals surface area contributed by atoms with Gasteiger partial charge in [0, 0.05) is 25.2 Å². The van der Waals surface area contributed by atoms with Crippen LogP contribution in [0.2, 0.25) is 0 Å². The zero-order valence-corrected chi connectivity index (χ0v) is 10.6. The summed E-state index contributed by atoms with van der Waals surface area (Å²) >= 11 is 0. The van der Waals surface area contributed by atoms with E-state index in [0.717, 1.165) is 11.4 Å². The second-order valence-corrected chi connectivity index (χ2v) is 4.32. The van der Waals surface area contributed by atoms with Crippen LogP contribution < -0.4 is 10.6 Å². The Morgan fingerprint density at radius 2 is 2.24 bits per heavy atom. The van der Waals surface area contributed by atoms with E-state index in [9.17, 15) is 0 Å². The van der Waals surface area contributed by atoms with Crippen LogP contribution in [-0.4, -0.2) is 28.6 Å². The standard InChI is InChI=1S/C12H20N4O/c1-9(2)16(7-6-11(13)15-17)12-5-4-10(3)8-14-12/h4-5,8-9,17H,6-7H2,1-3H3,(H2,13,15). The van der Waals surface area contributed by atoms with Crippen LogP contribution in [-0.2, 0) is 0 Å². The van der Waals surface area contributed by atoms with Crippen molar-refractivity contribution < 1.29 is 5.21 Å². The maximum absolute atomic E-state index is 8.52. The Hall–Kier alpha value is -1.78. The smallest absolute Gasteiger partial charge is 0.140 e. The van der Waals surface area contributed by atoms with Crippen molar-refractivity contribution in [3.8, 4) is 0 Å². The molecule has 0 spiro atoms. The summed E-state index contributed by atoms with van der Waals surface area (Å²) in [5, 5.41) is 11.5. The van der Waals surface area contributed by atoms with E-state index in [4.69, 9.17) is 10.9 Å². The van der Waals surface area contributed by atoms with Gasteiger partial charge in [-0.05, 0) is 32.4 Å². The minimum Gasteiger partial charge on any atom is -0.409 e. The quantitative estimate of drug-likeness (QED) is 0.353. The molecule has 1 heterocycles. The molecule has 0 bridgehead atoms. The molecule has 3 N–H and O–H groups in total. The summed E-state index contributed by atoms with van der Waals surface area (Å²) < 4.78 is 0. The zero-order chi connectivity index (χ0) is 12.8. The minimum atomic E-state index is 0.239. The lowest BCUT2D eigenvalue weighted by atomic mass is 10.2. The van der Waals surface area contributed by atoms with Gasteiger partial charge in [0.2, 0.25) is 0 Å². The van der Waals surface area contributed by atoms with E-state index in [2.05, 4.69) is 28.9 Å². The molecule has 5 heteroatoms. The summed E-state index contributed by atoms with van der Waals surface area (Å²) in [7, 11) is 0. The van der Waals surface area contributed by atoms with Gasteiger partial charge in [0.1, 0.15) is 11.7 Å². The Balaban J connectivity index is 2.75. The summed E-state index contributed by atoms with van der Waals surface area (Å²) in [6.45, 7) is 6.87. The third-order valence-electron chi connectivity index (χ3n) is 2.55. The van der Waals surface area contributed by atoms with E-state index >= 15 is 0 Å². The predicted octanol–water partition coefficient (Wildman–Crippen LogP) is 1.74. The fourth-order valence-electron chi connectivity index (χ4n) is 1.55. The number of nitrogens with two attached hydrogens (primary N) is 1. The third-order valence-corrected chi connectivity index (χ3v) is 2.55. The molecule has 0 amide bonds. The summed E-state index contributed by atoms with van der Waals surface area (Å²) in [6.07, 6.45) is 2.36. The van der Waals surface area contributed by atoms with Crippen LogP contribution in [0.4, 0.5) is 5.82 Å². The van der Waals surface area contributed by atoms with Crippen molar-refractivity contribution in [1.29, 1.82) is 0 Å². The molecule has 0 atom stereocenters. The number of rotatable bonds is 5. The Morgan fingerprint density at radius 3 is 2.71 bits per heavy atom. The van der Waals surface area contributed by atoms with Crippen LogP contribution in [0.25, 0.3) is 0 Å². The molecule has 0 aliphatic rings. The fraction of sp³-hybridized carbons (Fsp3) is 0.500. The molecule has 0 aromatic carbocycles. The second kappa shape index (κ2) is 6.08. The van der Waals surface area contributed by atoms with Crippen molar-refractivity contribution >= 4 is 11.7 Å². The van der Waals surface area contributed by atoms with Gasteiger partial charge in [-0.2, -0.15) is 0 Å². The summed E-state index contributed by atoms with van der Waals surface area (Å²) in [5.74, 6) is 1.15. The van der Waals surface area contributed by atoms with Crippen LogP contribution in [0.1, 0.15) is 25.8 Å². The number of nitrogens with zero attached hydrogens (tertiary/aromatic N) is 3. The molecule has 1 aromatic rings. The number of amidine groups is 1. The van der Waals surface area contributed by atoms with Gasteiger partial charge in [-0.15, -0.1) is 0 Å². The monoisotopic (exact) mass is 236 g/mol. The van der Waals surface area contributed by atoms with E-state index in [1.807, 2.05) is 25.3 Å². The molecular weight excluding hydrogens is 216 g/mol. The first kappa shape index (κ1) is 13.3. The maximum Gasteiger partial charge on any atom is 0.140 e. The van der Waals surface area contributed by atoms with Gasteiger partial charge in [-0.3, -0.25) is 0 Å². The number of pyridine rings is 1. The van der Waals surface area contributed by atoms with Gasteiger partial charge in [0.15, 0.2) is 0 Å². The highest BCUT2D eigenvalue weighted by molar-refractivity contribution is 5.80. The Bertz CT molecular complexity index is 373. The van der Waals surface area contributed by atoms with Crippen molar-refractivity contribution in [3.05, 3.63) is 23.9 Å². The Kier molecular flexibility index (Phi) is 4.75. The van der Waals surface area contributed by atoms with Gasteiger partial charge < -0.3 is 15.8 Å². The van der Waals surface area contributed by atoms with Crippen LogP contribution in [0.3, 0.4) is 0 Å². The lowest BCUT2D eigenvalue weighted by molar-refractivity contribution is 0.317. The normalized spacial score (nSPS) is 11.9. The van der Waals surface area contributed by atoms with E-state index in [1.165, 1.54) is 0 Å². The maximum atomic E-state index is 8.52. The first-order valence-corrected chi connectivity index (χ1v) is 5.70. The zero-order valence-electron chi connectivity index (χ0n) is 10.6. The van der Waals surface area contributed by atoms with Gasteiger partial charge in [-0.25, -0.2) is 4.98 Å². The highest BCUT2D eigenvalue weighted by Crippen LogP contribution is 2.14. The largest absolute Gasteiger partial charge is 0.409 e. The van der Waals surface area contributed by atoms with Gasteiger partial charge in [0.05, 0.1) is 0 Å². The molecule has 0 saturated carbocycles. The van der Waals surface area contributed by atoms with E-state index in [1.54, 1.807) is 0 Å². The van der Waals surface area contributed by atoms with Crippen LogP contribution in [0, 0.1) is 6.92 Å². The molecule has 0 fully saturated rings. The van der Waals surface area contributed by atoms with Gasteiger partial charge >= 0.3 is 0 Å². The van der Waals surface area contributed by atoms with Crippen molar-refractivity contribution in [2.75, 3.05) is 11.4 Å². The van der Waals surface area contributed by atoms with Crippen molar-refractivity contribution in [2.24, 2.45) is 10.9 Å². The molecule has 17 heavy (non-hydrogen) atoms. The van der Waals surface area contributed by atoms with Crippen LogP contribution >= 0.6 is 0 Å². The molecule has 5 nitrogen and oxygen atoms in total. The summed E-state index contributed by atoms with van der Waals surface area (Å²) in [5.41, 5.74) is 6.61. The molecule has 0 aliphatic carbocycles. The van der Waals surface area contributed by atoms with E-state index < -0.39 is 0 Å². The first-order valence-electron chi connectivity index (χ1n) is 5.70. The lowest BCUT2D eigenvalue weighted by Crippen LogP contribution is -2.34. The SMILES string of the molecule is Cc1ccc(N(CC/C(N)=N/O)C(C)C)nc1. The predicted molar refractivity (Wildman–Crippen MR) is 69.5 cm³/mol. The van der Waals surface area contributed by atoms with Crippen LogP contribution in [0.5, 0.6) is 0 Å². The van der Waals surface area contributed by atoms with Gasteiger partial charge in [0.25, 0.3) is 0 Å². The average molecular weight is 236 g/mol. The molecular formula is C12H20N4O. The number of hydrogen-bond acceptors (Lipinski definition) is 4. The molecule has 0 saturated heterocycles. The average Bonchev–Trinajstić information content (AvgIpc) is 2.31. The minimum absolute atomic E-state index is 0.239.